The van der Waals surface area contributed by atoms with Crippen LogP contribution in [0.4, 0.5) is 8.78 Å². The van der Waals surface area contributed by atoms with E-state index in [1.807, 2.05) is 13.8 Å². The Labute approximate surface area is 188 Å². The highest BCUT2D eigenvalue weighted by Crippen LogP contribution is 2.26. The number of likely N-dealkylation sites (tertiary alicyclic amines) is 1. The van der Waals surface area contributed by atoms with E-state index in [2.05, 4.69) is 10.4 Å². The molecule has 1 saturated heterocycles. The van der Waals surface area contributed by atoms with Gasteiger partial charge in [0.1, 0.15) is 5.65 Å². The summed E-state index contributed by atoms with van der Waals surface area (Å²) in [6, 6.07) is -0.00664. The monoisotopic (exact) mass is 463 g/mol. The number of hydrogen-bond donors (Lipinski definition) is 2. The second kappa shape index (κ2) is 8.60. The second-order valence-corrected chi connectivity index (χ2v) is 9.10. The van der Waals surface area contributed by atoms with Crippen molar-refractivity contribution in [2.45, 2.75) is 58.5 Å². The molecule has 0 bridgehead atoms. The third-order valence-corrected chi connectivity index (χ3v) is 5.80. The molecule has 2 aliphatic rings. The van der Waals surface area contributed by atoms with Gasteiger partial charge in [-0.15, -0.1) is 0 Å². The minimum atomic E-state index is -1.71. The first kappa shape index (κ1) is 22.9. The van der Waals surface area contributed by atoms with Crippen molar-refractivity contribution in [3.05, 3.63) is 33.3 Å². The number of carbonyl (C=O) groups is 2. The Morgan fingerprint density at radius 2 is 1.88 bits per heavy atom. The van der Waals surface area contributed by atoms with Crippen LogP contribution in [-0.4, -0.2) is 67.5 Å². The smallest absolute Gasteiger partial charge is 0.291 e. The van der Waals surface area contributed by atoms with Gasteiger partial charge in [-0.1, -0.05) is 13.8 Å². The maximum absolute atomic E-state index is 13.5. The zero-order valence-corrected chi connectivity index (χ0v) is 18.7. The second-order valence-electron chi connectivity index (χ2n) is 9.10. The third-order valence-electron chi connectivity index (χ3n) is 5.80. The largest absolute Gasteiger partial charge is 0.494 e. The van der Waals surface area contributed by atoms with Crippen molar-refractivity contribution in [2.24, 2.45) is 5.92 Å². The van der Waals surface area contributed by atoms with Crippen LogP contribution in [0.2, 0.25) is 0 Å². The molecule has 2 N–H and O–H groups in total. The van der Waals surface area contributed by atoms with Crippen molar-refractivity contribution >= 4 is 23.5 Å². The van der Waals surface area contributed by atoms with Crippen LogP contribution < -0.4 is 10.9 Å². The number of nitrogens with zero attached hydrogens (tertiary/aromatic N) is 4. The minimum absolute atomic E-state index is 0.00664. The van der Waals surface area contributed by atoms with Gasteiger partial charge in [0.25, 0.3) is 11.5 Å². The van der Waals surface area contributed by atoms with E-state index in [0.29, 0.717) is 11.3 Å². The first-order valence-electron chi connectivity index (χ1n) is 11.0. The normalized spacial score (nSPS) is 21.0. The molecule has 2 aromatic heterocycles. The molecule has 178 valence electrons. The average molecular weight is 463 g/mol. The Morgan fingerprint density at radius 3 is 2.45 bits per heavy atom. The number of amides is 2. The fourth-order valence-corrected chi connectivity index (χ4v) is 3.95. The molecular formula is C22H27F2N5O4. The summed E-state index contributed by atoms with van der Waals surface area (Å²) < 4.78 is 29.4. The number of aryl methyl sites for hydroxylation is 1. The number of aromatic hydroxyl groups is 1. The van der Waals surface area contributed by atoms with Gasteiger partial charge in [0.15, 0.2) is 17.9 Å². The summed E-state index contributed by atoms with van der Waals surface area (Å²) in [6.45, 7) is 5.08. The van der Waals surface area contributed by atoms with Crippen molar-refractivity contribution in [1.29, 1.82) is 0 Å². The van der Waals surface area contributed by atoms with Crippen molar-refractivity contribution in [3.8, 4) is 5.88 Å². The van der Waals surface area contributed by atoms with Gasteiger partial charge in [0.05, 0.1) is 18.8 Å². The lowest BCUT2D eigenvalue weighted by atomic mass is 10.1. The quantitative estimate of drug-likeness (QED) is 0.633. The summed E-state index contributed by atoms with van der Waals surface area (Å²) >= 11 is 0. The Morgan fingerprint density at radius 1 is 1.24 bits per heavy atom. The predicted octanol–water partition coefficient (Wildman–Crippen LogP) is 1.59. The van der Waals surface area contributed by atoms with E-state index in [1.165, 1.54) is 16.7 Å². The maximum Gasteiger partial charge on any atom is 0.291 e. The number of carbonyl (C=O) groups excluding carboxylic acids is 2. The molecule has 2 atom stereocenters. The van der Waals surface area contributed by atoms with Crippen molar-refractivity contribution < 1.29 is 23.5 Å². The van der Waals surface area contributed by atoms with Crippen LogP contribution in [0.25, 0.3) is 11.7 Å². The first-order valence-corrected chi connectivity index (χ1v) is 11.0. The molecule has 0 radical (unpaired) electrons. The topological polar surface area (TPSA) is 109 Å². The van der Waals surface area contributed by atoms with Gasteiger partial charge < -0.3 is 15.3 Å². The molecule has 2 fully saturated rings. The van der Waals surface area contributed by atoms with Crippen LogP contribution in [0.3, 0.4) is 0 Å². The molecule has 2 unspecified atom stereocenters. The number of alkyl halides is 2. The molecule has 1 aliphatic carbocycles. The van der Waals surface area contributed by atoms with Gasteiger partial charge >= 0.3 is 0 Å². The Kier molecular flexibility index (Phi) is 5.98. The lowest BCUT2D eigenvalue weighted by molar-refractivity contribution is -0.125. The molecular weight excluding hydrogens is 436 g/mol. The van der Waals surface area contributed by atoms with E-state index in [4.69, 9.17) is 0 Å². The Hall–Kier alpha value is -3.24. The molecule has 2 aromatic rings. The van der Waals surface area contributed by atoms with Gasteiger partial charge in [-0.05, 0) is 31.8 Å². The molecule has 1 saturated carbocycles. The predicted molar refractivity (Wildman–Crippen MR) is 117 cm³/mol. The highest BCUT2D eigenvalue weighted by Gasteiger charge is 2.35. The molecule has 9 nitrogen and oxygen atoms in total. The van der Waals surface area contributed by atoms with E-state index in [0.717, 1.165) is 22.3 Å². The van der Waals surface area contributed by atoms with Crippen LogP contribution in [0, 0.1) is 12.8 Å². The third kappa shape index (κ3) is 4.36. The van der Waals surface area contributed by atoms with E-state index >= 15 is 0 Å². The SMILES string of the molecule is Cc1nn2c(=O)c(C(=O)NC3CC3)c(O)n(CC(C)C)c2c1/C=C/C(=O)N1CC(F)C(F)C1. The highest BCUT2D eigenvalue weighted by atomic mass is 19.2. The molecule has 0 aromatic carbocycles. The molecule has 3 heterocycles. The van der Waals surface area contributed by atoms with E-state index in [9.17, 15) is 28.3 Å². The zero-order valence-electron chi connectivity index (χ0n) is 18.7. The number of aromatic nitrogens is 3. The fourth-order valence-electron chi connectivity index (χ4n) is 3.95. The average Bonchev–Trinajstić information content (AvgIpc) is 3.40. The first-order chi connectivity index (χ1) is 15.6. The van der Waals surface area contributed by atoms with Crippen LogP contribution >= 0.6 is 0 Å². The number of nitrogens with one attached hydrogen (secondary N) is 1. The molecule has 11 heteroatoms. The maximum atomic E-state index is 13.5. The molecule has 4 rings (SSSR count). The lowest BCUT2D eigenvalue weighted by Crippen LogP contribution is -2.34. The molecule has 0 spiro atoms. The number of halogens is 2. The van der Waals surface area contributed by atoms with Gasteiger partial charge in [-0.2, -0.15) is 9.61 Å². The summed E-state index contributed by atoms with van der Waals surface area (Å²) in [5.41, 5.74) is -0.151. The Balaban J connectivity index is 1.79. The van der Waals surface area contributed by atoms with Crippen LogP contribution in [0.5, 0.6) is 5.88 Å². The van der Waals surface area contributed by atoms with Gasteiger partial charge in [-0.3, -0.25) is 19.0 Å². The summed E-state index contributed by atoms with van der Waals surface area (Å²) in [6.07, 6.45) is 0.802. The summed E-state index contributed by atoms with van der Waals surface area (Å²) in [7, 11) is 0. The van der Waals surface area contributed by atoms with Crippen molar-refractivity contribution in [1.82, 2.24) is 24.4 Å². The van der Waals surface area contributed by atoms with E-state index < -0.39 is 35.6 Å². The Bertz CT molecular complexity index is 1190. The molecule has 2 amide bonds. The standard InChI is InChI=1S/C22H27F2N5O4/c1-11(2)8-28-20-14(6-7-17(30)27-9-15(23)16(24)10-27)12(3)26-29(20)22(33)18(21(28)32)19(31)25-13-4-5-13/h6-7,11,13,15-16,32H,4-5,8-10H2,1-3H3,(H,25,31)/b7-6+. The summed E-state index contributed by atoms with van der Waals surface area (Å²) in [5.74, 6) is -1.66. The van der Waals surface area contributed by atoms with Crippen LogP contribution in [-0.2, 0) is 11.3 Å². The number of rotatable bonds is 6. The lowest BCUT2D eigenvalue weighted by Gasteiger charge is -2.17. The zero-order chi connectivity index (χ0) is 24.0. The summed E-state index contributed by atoms with van der Waals surface area (Å²) in [5, 5.41) is 17.9. The summed E-state index contributed by atoms with van der Waals surface area (Å²) in [4.78, 5) is 39.3. The van der Waals surface area contributed by atoms with E-state index in [1.54, 1.807) is 6.92 Å². The highest BCUT2D eigenvalue weighted by molar-refractivity contribution is 5.97. The van der Waals surface area contributed by atoms with Gasteiger partial charge in [0, 0.05) is 24.2 Å². The van der Waals surface area contributed by atoms with Crippen LogP contribution in [0.1, 0.15) is 48.3 Å². The molecule has 33 heavy (non-hydrogen) atoms. The van der Waals surface area contributed by atoms with Gasteiger partial charge in [0.2, 0.25) is 11.8 Å². The van der Waals surface area contributed by atoms with E-state index in [-0.39, 0.29) is 42.8 Å². The van der Waals surface area contributed by atoms with Crippen molar-refractivity contribution in [3.63, 3.8) is 0 Å². The van der Waals surface area contributed by atoms with Crippen LogP contribution in [0.15, 0.2) is 10.9 Å². The molecule has 1 aliphatic heterocycles. The van der Waals surface area contributed by atoms with Crippen molar-refractivity contribution in [2.75, 3.05) is 13.1 Å². The fraction of sp³-hybridized carbons (Fsp3) is 0.545. The van der Waals surface area contributed by atoms with Gasteiger partial charge in [-0.25, -0.2) is 8.78 Å². The number of fused-ring (bicyclic) bond motifs is 1. The minimum Gasteiger partial charge on any atom is -0.494 e. The number of hydrogen-bond acceptors (Lipinski definition) is 5.